The van der Waals surface area contributed by atoms with E-state index in [1.165, 1.54) is 25.7 Å². The maximum absolute atomic E-state index is 10.8. The van der Waals surface area contributed by atoms with Crippen molar-refractivity contribution in [3.63, 3.8) is 0 Å². The predicted molar refractivity (Wildman–Crippen MR) is 111 cm³/mol. The molecule has 0 aromatic rings. The molecule has 0 amide bonds. The molecule has 0 aromatic heterocycles. The normalized spacial score (nSPS) is 44.7. The smallest absolute Gasteiger partial charge is 0.175 e. The maximum atomic E-state index is 10.8. The van der Waals surface area contributed by atoms with Gasteiger partial charge in [0.25, 0.3) is 0 Å². The summed E-state index contributed by atoms with van der Waals surface area (Å²) in [5.41, 5.74) is 6.63. The minimum atomic E-state index is -0.345. The summed E-state index contributed by atoms with van der Waals surface area (Å²) in [6, 6.07) is 0. The van der Waals surface area contributed by atoms with Crippen LogP contribution in [-0.4, -0.2) is 30.2 Å². The van der Waals surface area contributed by atoms with E-state index in [0.717, 1.165) is 38.9 Å². The number of allylic oxidation sites excluding steroid dienone is 3. The van der Waals surface area contributed by atoms with Gasteiger partial charge in [0.2, 0.25) is 0 Å². The van der Waals surface area contributed by atoms with Crippen molar-refractivity contribution in [2.45, 2.75) is 91.0 Å². The van der Waals surface area contributed by atoms with Gasteiger partial charge in [-0.25, -0.2) is 0 Å². The lowest BCUT2D eigenvalue weighted by Crippen LogP contribution is -2.48. The van der Waals surface area contributed by atoms with Gasteiger partial charge in [0.15, 0.2) is 5.79 Å². The fourth-order valence-corrected chi connectivity index (χ4v) is 7.96. The van der Waals surface area contributed by atoms with Crippen LogP contribution in [-0.2, 0) is 9.47 Å². The summed E-state index contributed by atoms with van der Waals surface area (Å²) in [7, 11) is 0. The lowest BCUT2D eigenvalue weighted by Gasteiger charge is -2.53. The average molecular weight is 387 g/mol. The first-order valence-electron chi connectivity index (χ1n) is 11.8. The maximum Gasteiger partial charge on any atom is 0.175 e. The van der Waals surface area contributed by atoms with E-state index in [-0.39, 0.29) is 17.3 Å². The molecule has 4 aliphatic carbocycles. The molecule has 5 aliphatic rings. The van der Waals surface area contributed by atoms with Gasteiger partial charge >= 0.3 is 0 Å². The molecule has 0 bridgehead atoms. The fourth-order valence-electron chi connectivity index (χ4n) is 7.96. The Morgan fingerprint density at radius 1 is 1.11 bits per heavy atom. The van der Waals surface area contributed by atoms with Crippen molar-refractivity contribution in [3.05, 3.63) is 22.3 Å². The first kappa shape index (κ1) is 19.3. The van der Waals surface area contributed by atoms with Gasteiger partial charge in [-0.05, 0) is 74.3 Å². The molecule has 1 heterocycles. The second kappa shape index (κ2) is 6.68. The third kappa shape index (κ3) is 2.58. The molecule has 5 rings (SSSR count). The average Bonchev–Trinajstić information content (AvgIpc) is 3.22. The third-order valence-electron chi connectivity index (χ3n) is 9.11. The van der Waals surface area contributed by atoms with E-state index >= 15 is 0 Å². The van der Waals surface area contributed by atoms with Crippen LogP contribution in [0.2, 0.25) is 0 Å². The van der Waals surface area contributed by atoms with Crippen LogP contribution < -0.4 is 0 Å². The summed E-state index contributed by atoms with van der Waals surface area (Å²) in [5, 5.41) is 10.8. The molecule has 6 atom stereocenters. The second-order valence-electron chi connectivity index (χ2n) is 10.7. The first-order chi connectivity index (χ1) is 13.4. The van der Waals surface area contributed by atoms with Gasteiger partial charge in [-0.2, -0.15) is 0 Å². The van der Waals surface area contributed by atoms with Crippen molar-refractivity contribution < 1.29 is 14.6 Å². The summed E-state index contributed by atoms with van der Waals surface area (Å²) in [6.07, 6.45) is 8.80. The Morgan fingerprint density at radius 2 is 1.86 bits per heavy atom. The summed E-state index contributed by atoms with van der Waals surface area (Å²) in [6.45, 7) is 11.0. The molecule has 1 N–H and O–H groups in total. The Balaban J connectivity index is 1.58. The van der Waals surface area contributed by atoms with Crippen LogP contribution >= 0.6 is 0 Å². The molecule has 1 saturated carbocycles. The molecular weight excluding hydrogens is 348 g/mol. The largest absolute Gasteiger partial charge is 0.393 e. The van der Waals surface area contributed by atoms with E-state index in [0.29, 0.717) is 23.7 Å². The van der Waals surface area contributed by atoms with Gasteiger partial charge < -0.3 is 14.6 Å². The minimum absolute atomic E-state index is 0.0843. The zero-order valence-corrected chi connectivity index (χ0v) is 18.2. The second-order valence-corrected chi connectivity index (χ2v) is 10.7. The molecular formula is C25H38O3. The molecule has 3 nitrogen and oxygen atoms in total. The number of hydrogen-bond donors (Lipinski definition) is 1. The number of aliphatic hydroxyl groups is 1. The van der Waals surface area contributed by atoms with Crippen LogP contribution in [0.1, 0.15) is 79.1 Å². The Bertz CT molecular complexity index is 713. The van der Waals surface area contributed by atoms with Crippen LogP contribution in [0.3, 0.4) is 0 Å². The molecule has 3 unspecified atom stereocenters. The Labute approximate surface area is 170 Å². The molecule has 28 heavy (non-hydrogen) atoms. The summed E-state index contributed by atoms with van der Waals surface area (Å²) < 4.78 is 12.6. The first-order valence-corrected chi connectivity index (χ1v) is 11.8. The number of rotatable bonds is 2. The molecule has 2 fully saturated rings. The van der Waals surface area contributed by atoms with Gasteiger partial charge in [0, 0.05) is 17.8 Å². The molecule has 0 radical (unpaired) electrons. The predicted octanol–water partition coefficient (Wildman–Crippen LogP) is 5.39. The zero-order valence-electron chi connectivity index (χ0n) is 18.2. The van der Waals surface area contributed by atoms with E-state index in [4.69, 9.17) is 9.47 Å². The number of ether oxygens (including phenoxy) is 2. The van der Waals surface area contributed by atoms with Crippen LogP contribution in [0.5, 0.6) is 0 Å². The fraction of sp³-hybridized carbons (Fsp3) is 0.840. The highest BCUT2D eigenvalue weighted by atomic mass is 16.7. The van der Waals surface area contributed by atoms with Crippen LogP contribution in [0, 0.1) is 29.1 Å². The molecule has 0 aromatic carbocycles. The van der Waals surface area contributed by atoms with Crippen LogP contribution in [0.15, 0.2) is 22.3 Å². The Morgan fingerprint density at radius 3 is 2.57 bits per heavy atom. The van der Waals surface area contributed by atoms with Crippen molar-refractivity contribution >= 4 is 0 Å². The van der Waals surface area contributed by atoms with Crippen molar-refractivity contribution in [2.24, 2.45) is 29.1 Å². The van der Waals surface area contributed by atoms with Gasteiger partial charge in [0.05, 0.1) is 19.3 Å². The highest BCUT2D eigenvalue weighted by Gasteiger charge is 2.57. The highest BCUT2D eigenvalue weighted by molar-refractivity contribution is 5.48. The lowest BCUT2D eigenvalue weighted by atomic mass is 9.53. The zero-order chi connectivity index (χ0) is 19.7. The van der Waals surface area contributed by atoms with Crippen molar-refractivity contribution in [1.29, 1.82) is 0 Å². The SMILES string of the molecule is CCCC1CC2=C(C[C@@H](C)C3C2=C(C)C[C@@]2(C)C3CC[C@@H]2O)CC12OCCO2. The van der Waals surface area contributed by atoms with Crippen molar-refractivity contribution in [2.75, 3.05) is 13.2 Å². The summed E-state index contributed by atoms with van der Waals surface area (Å²) in [4.78, 5) is 0. The lowest BCUT2D eigenvalue weighted by molar-refractivity contribution is -0.200. The number of aliphatic hydroxyl groups excluding tert-OH is 1. The summed E-state index contributed by atoms with van der Waals surface area (Å²) in [5.74, 6) is 2.07. The standard InChI is InChI=1S/C25H38O3/c1-5-6-18-12-19-17(14-25(18)27-9-10-28-25)11-15(2)23-20-7-8-21(26)24(20,4)13-16(3)22(19)23/h15,18,20-21,23,26H,5-14H2,1-4H3/t15-,18?,20?,21+,23?,24+/m1/s1. The van der Waals surface area contributed by atoms with Gasteiger partial charge in [-0.3, -0.25) is 0 Å². The van der Waals surface area contributed by atoms with Crippen molar-refractivity contribution in [3.8, 4) is 0 Å². The van der Waals surface area contributed by atoms with E-state index in [1.807, 2.05) is 0 Å². The molecule has 1 aliphatic heterocycles. The van der Waals surface area contributed by atoms with Gasteiger partial charge in [-0.1, -0.05) is 38.3 Å². The molecule has 156 valence electrons. The molecule has 1 saturated heterocycles. The van der Waals surface area contributed by atoms with Crippen LogP contribution in [0.25, 0.3) is 0 Å². The van der Waals surface area contributed by atoms with Gasteiger partial charge in [-0.15, -0.1) is 0 Å². The van der Waals surface area contributed by atoms with Crippen molar-refractivity contribution in [1.82, 2.24) is 0 Å². The highest BCUT2D eigenvalue weighted by Crippen LogP contribution is 2.63. The number of fused-ring (bicyclic) bond motifs is 4. The van der Waals surface area contributed by atoms with E-state index in [9.17, 15) is 5.11 Å². The summed E-state index contributed by atoms with van der Waals surface area (Å²) >= 11 is 0. The monoisotopic (exact) mass is 386 g/mol. The quantitative estimate of drug-likeness (QED) is 0.691. The van der Waals surface area contributed by atoms with E-state index < -0.39 is 0 Å². The Kier molecular flexibility index (Phi) is 4.61. The van der Waals surface area contributed by atoms with E-state index in [2.05, 4.69) is 27.7 Å². The third-order valence-corrected chi connectivity index (χ3v) is 9.11. The number of hydrogen-bond acceptors (Lipinski definition) is 3. The molecule has 3 heteroatoms. The van der Waals surface area contributed by atoms with E-state index in [1.54, 1.807) is 22.3 Å². The van der Waals surface area contributed by atoms with Crippen LogP contribution in [0.4, 0.5) is 0 Å². The Hall–Kier alpha value is -0.640. The molecule has 1 spiro atoms. The minimum Gasteiger partial charge on any atom is -0.393 e. The topological polar surface area (TPSA) is 38.7 Å². The van der Waals surface area contributed by atoms with Gasteiger partial charge in [0.1, 0.15) is 0 Å².